The van der Waals surface area contributed by atoms with Crippen molar-refractivity contribution in [2.45, 2.75) is 13.0 Å². The Hall–Kier alpha value is -2.05. The molecular weight excluding hydrogens is 412 g/mol. The highest BCUT2D eigenvalue weighted by molar-refractivity contribution is 9.10. The molecular formula is C18H16BrClO5. The number of ketones is 1. The van der Waals surface area contributed by atoms with Crippen LogP contribution in [0.1, 0.15) is 27.6 Å². The van der Waals surface area contributed by atoms with Crippen LogP contribution in [0.2, 0.25) is 5.02 Å². The number of halogens is 2. The maximum absolute atomic E-state index is 12.3. The summed E-state index contributed by atoms with van der Waals surface area (Å²) >= 11 is 9.39. The average Bonchev–Trinajstić information content (AvgIpc) is 2.60. The molecule has 0 saturated heterocycles. The van der Waals surface area contributed by atoms with E-state index in [-0.39, 0.29) is 16.4 Å². The van der Waals surface area contributed by atoms with Gasteiger partial charge in [0.05, 0.1) is 24.8 Å². The minimum absolute atomic E-state index is 0.165. The summed E-state index contributed by atoms with van der Waals surface area (Å²) in [6.45, 7) is 1.52. The van der Waals surface area contributed by atoms with Crippen molar-refractivity contribution in [2.75, 3.05) is 14.2 Å². The lowest BCUT2D eigenvalue weighted by Crippen LogP contribution is -2.24. The summed E-state index contributed by atoms with van der Waals surface area (Å²) in [5.74, 6) is -0.359. The summed E-state index contributed by atoms with van der Waals surface area (Å²) < 4.78 is 16.4. The number of ether oxygens (including phenoxy) is 3. The van der Waals surface area contributed by atoms with E-state index in [0.717, 1.165) is 4.47 Å². The third-order valence-electron chi connectivity index (χ3n) is 3.45. The largest absolute Gasteiger partial charge is 0.493 e. The first-order valence-corrected chi connectivity index (χ1v) is 8.46. The van der Waals surface area contributed by atoms with E-state index in [1.165, 1.54) is 33.3 Å². The summed E-state index contributed by atoms with van der Waals surface area (Å²) in [5, 5.41) is 0.209. The van der Waals surface area contributed by atoms with Gasteiger partial charge >= 0.3 is 5.97 Å². The van der Waals surface area contributed by atoms with E-state index in [9.17, 15) is 9.59 Å². The summed E-state index contributed by atoms with van der Waals surface area (Å²) in [7, 11) is 2.88. The molecule has 0 N–H and O–H groups in total. The van der Waals surface area contributed by atoms with Crippen LogP contribution in [0, 0.1) is 0 Å². The number of carbonyl (C=O) groups excluding carboxylic acids is 2. The summed E-state index contributed by atoms with van der Waals surface area (Å²) in [5.41, 5.74) is 0.618. The Morgan fingerprint density at radius 2 is 1.68 bits per heavy atom. The molecule has 2 aromatic carbocycles. The van der Waals surface area contributed by atoms with Crippen molar-refractivity contribution in [3.63, 3.8) is 0 Å². The second kappa shape index (κ2) is 8.36. The number of benzene rings is 2. The van der Waals surface area contributed by atoms with Crippen LogP contribution >= 0.6 is 27.5 Å². The first-order chi connectivity index (χ1) is 11.9. The van der Waals surface area contributed by atoms with Crippen LogP contribution in [0.15, 0.2) is 40.9 Å². The van der Waals surface area contributed by atoms with E-state index in [1.54, 1.807) is 24.3 Å². The van der Waals surface area contributed by atoms with Gasteiger partial charge in [-0.1, -0.05) is 39.7 Å². The molecule has 132 valence electrons. The molecule has 0 fully saturated rings. The minimum Gasteiger partial charge on any atom is -0.493 e. The molecule has 25 heavy (non-hydrogen) atoms. The molecule has 0 heterocycles. The predicted octanol–water partition coefficient (Wildman–Crippen LogP) is 4.55. The molecule has 2 rings (SSSR count). The molecule has 1 unspecified atom stereocenters. The number of Topliss-reactive ketones (excluding diaryl/α,β-unsaturated/α-hetero) is 1. The normalized spacial score (nSPS) is 11.6. The van der Waals surface area contributed by atoms with Crippen LogP contribution in [-0.2, 0) is 4.74 Å². The zero-order valence-corrected chi connectivity index (χ0v) is 16.2. The van der Waals surface area contributed by atoms with Crippen LogP contribution in [0.5, 0.6) is 11.5 Å². The molecule has 2 aromatic rings. The number of rotatable bonds is 6. The highest BCUT2D eigenvalue weighted by Crippen LogP contribution is 2.36. The van der Waals surface area contributed by atoms with Gasteiger partial charge < -0.3 is 14.2 Å². The average molecular weight is 428 g/mol. The molecule has 5 nitrogen and oxygen atoms in total. The Kier molecular flexibility index (Phi) is 6.45. The van der Waals surface area contributed by atoms with Crippen molar-refractivity contribution in [1.29, 1.82) is 0 Å². The summed E-state index contributed by atoms with van der Waals surface area (Å²) in [4.78, 5) is 24.7. The zero-order valence-electron chi connectivity index (χ0n) is 13.8. The van der Waals surface area contributed by atoms with Gasteiger partial charge in [0.1, 0.15) is 0 Å². The van der Waals surface area contributed by atoms with E-state index >= 15 is 0 Å². The van der Waals surface area contributed by atoms with Crippen molar-refractivity contribution in [1.82, 2.24) is 0 Å². The number of carbonyl (C=O) groups is 2. The topological polar surface area (TPSA) is 61.8 Å². The third-order valence-corrected chi connectivity index (χ3v) is 4.26. The second-order valence-corrected chi connectivity index (χ2v) is 6.44. The van der Waals surface area contributed by atoms with Gasteiger partial charge in [0.15, 0.2) is 17.6 Å². The van der Waals surface area contributed by atoms with Gasteiger partial charge in [0.25, 0.3) is 0 Å². The standard InChI is InChI=1S/C18H16BrClO5/c1-10(16(21)11-4-6-13(19)7-5-11)25-18(22)12-8-14(20)17(24-3)15(9-12)23-2/h4-10H,1-3H3. The van der Waals surface area contributed by atoms with E-state index in [1.807, 2.05) is 0 Å². The van der Waals surface area contributed by atoms with Crippen molar-refractivity contribution in [3.8, 4) is 11.5 Å². The van der Waals surface area contributed by atoms with Crippen molar-refractivity contribution < 1.29 is 23.8 Å². The molecule has 0 bridgehead atoms. The summed E-state index contributed by atoms with van der Waals surface area (Å²) in [6, 6.07) is 9.66. The fourth-order valence-corrected chi connectivity index (χ4v) is 2.72. The van der Waals surface area contributed by atoms with Crippen molar-refractivity contribution in [3.05, 3.63) is 57.0 Å². The first-order valence-electron chi connectivity index (χ1n) is 7.29. The minimum atomic E-state index is -0.944. The van der Waals surface area contributed by atoms with Gasteiger partial charge in [0.2, 0.25) is 5.78 Å². The zero-order chi connectivity index (χ0) is 18.6. The fourth-order valence-electron chi connectivity index (χ4n) is 2.17. The molecule has 0 aromatic heterocycles. The Balaban J connectivity index is 2.17. The van der Waals surface area contributed by atoms with Crippen LogP contribution in [0.3, 0.4) is 0 Å². The van der Waals surface area contributed by atoms with Crippen LogP contribution in [0.4, 0.5) is 0 Å². The predicted molar refractivity (Wildman–Crippen MR) is 97.9 cm³/mol. The van der Waals surface area contributed by atoms with E-state index < -0.39 is 12.1 Å². The number of hydrogen-bond donors (Lipinski definition) is 0. The second-order valence-electron chi connectivity index (χ2n) is 5.11. The van der Waals surface area contributed by atoms with Gasteiger partial charge in [-0.3, -0.25) is 4.79 Å². The molecule has 0 amide bonds. The Bertz CT molecular complexity index is 789. The lowest BCUT2D eigenvalue weighted by molar-refractivity contribution is 0.0318. The Labute approximate surface area is 159 Å². The molecule has 0 aliphatic carbocycles. The van der Waals surface area contributed by atoms with Crippen LogP contribution in [0.25, 0.3) is 0 Å². The van der Waals surface area contributed by atoms with Gasteiger partial charge in [-0.25, -0.2) is 4.79 Å². The monoisotopic (exact) mass is 426 g/mol. The number of hydrogen-bond acceptors (Lipinski definition) is 5. The van der Waals surface area contributed by atoms with E-state index in [2.05, 4.69) is 15.9 Å². The molecule has 0 spiro atoms. The molecule has 7 heteroatoms. The molecule has 0 aliphatic rings. The van der Waals surface area contributed by atoms with Gasteiger partial charge in [-0.05, 0) is 31.2 Å². The number of methoxy groups -OCH3 is 2. The molecule has 0 saturated carbocycles. The molecule has 0 radical (unpaired) electrons. The SMILES string of the molecule is COc1cc(C(=O)OC(C)C(=O)c2ccc(Br)cc2)cc(Cl)c1OC. The Morgan fingerprint density at radius 3 is 2.24 bits per heavy atom. The summed E-state index contributed by atoms with van der Waals surface area (Å²) in [6.07, 6.45) is -0.944. The maximum Gasteiger partial charge on any atom is 0.339 e. The van der Waals surface area contributed by atoms with E-state index in [0.29, 0.717) is 17.1 Å². The highest BCUT2D eigenvalue weighted by atomic mass is 79.9. The first kappa shape index (κ1) is 19.3. The lowest BCUT2D eigenvalue weighted by atomic mass is 10.1. The van der Waals surface area contributed by atoms with Crippen LogP contribution < -0.4 is 9.47 Å². The van der Waals surface area contributed by atoms with E-state index in [4.69, 9.17) is 25.8 Å². The third kappa shape index (κ3) is 4.52. The van der Waals surface area contributed by atoms with Gasteiger partial charge in [-0.2, -0.15) is 0 Å². The number of esters is 1. The fraction of sp³-hybridized carbons (Fsp3) is 0.222. The van der Waals surface area contributed by atoms with Crippen LogP contribution in [-0.4, -0.2) is 32.1 Å². The quantitative estimate of drug-likeness (QED) is 0.500. The smallest absolute Gasteiger partial charge is 0.339 e. The van der Waals surface area contributed by atoms with Crippen molar-refractivity contribution in [2.24, 2.45) is 0 Å². The Morgan fingerprint density at radius 1 is 1.04 bits per heavy atom. The lowest BCUT2D eigenvalue weighted by Gasteiger charge is -2.14. The highest BCUT2D eigenvalue weighted by Gasteiger charge is 2.22. The maximum atomic E-state index is 12.3. The van der Waals surface area contributed by atoms with Crippen molar-refractivity contribution >= 4 is 39.3 Å². The van der Waals surface area contributed by atoms with Gasteiger partial charge in [0, 0.05) is 10.0 Å². The molecule has 0 aliphatic heterocycles. The molecule has 1 atom stereocenters. The van der Waals surface area contributed by atoms with Gasteiger partial charge in [-0.15, -0.1) is 0 Å².